The lowest BCUT2D eigenvalue weighted by Crippen LogP contribution is -2.23. The van der Waals surface area contributed by atoms with Crippen molar-refractivity contribution in [2.24, 2.45) is 0 Å². The molecule has 0 fully saturated rings. The van der Waals surface area contributed by atoms with E-state index in [2.05, 4.69) is 15.3 Å². The van der Waals surface area contributed by atoms with Crippen molar-refractivity contribution in [2.45, 2.75) is 0 Å². The number of rotatable bonds is 6. The molecule has 1 atom stereocenters. The molecule has 1 amide bonds. The molecule has 0 aliphatic rings. The number of benzene rings is 2. The van der Waals surface area contributed by atoms with Gasteiger partial charge in [-0.25, -0.2) is 17.9 Å². The van der Waals surface area contributed by atoms with Crippen LogP contribution in [0.15, 0.2) is 78.4 Å². The maximum atomic E-state index is 13.3. The number of amides is 1. The molecule has 2 heterocycles. The van der Waals surface area contributed by atoms with E-state index in [0.717, 1.165) is 9.87 Å². The third-order valence-electron chi connectivity index (χ3n) is 4.29. The summed E-state index contributed by atoms with van der Waals surface area (Å²) >= 11 is -1.24. The summed E-state index contributed by atoms with van der Waals surface area (Å²) in [5.74, 6) is -0.976. The molecular formula is C21H15FN4O3S2. The Morgan fingerprint density at radius 3 is 2.48 bits per heavy atom. The average molecular weight is 455 g/mol. The van der Waals surface area contributed by atoms with E-state index in [4.69, 9.17) is 0 Å². The number of aromatic nitrogens is 2. The first kappa shape index (κ1) is 20.8. The highest BCUT2D eigenvalue weighted by atomic mass is 32.2. The molecule has 2 aromatic carbocycles. The minimum atomic E-state index is -2.49. The third kappa shape index (κ3) is 4.66. The highest BCUT2D eigenvalue weighted by Gasteiger charge is 2.22. The molecule has 1 unspecified atom stereocenters. The van der Waals surface area contributed by atoms with Crippen LogP contribution in [0.1, 0.15) is 10.4 Å². The van der Waals surface area contributed by atoms with Crippen LogP contribution in [0.5, 0.6) is 0 Å². The molecule has 2 N–H and O–H groups in total. The van der Waals surface area contributed by atoms with Gasteiger partial charge in [-0.1, -0.05) is 12.1 Å². The molecule has 0 aliphatic heterocycles. The third-order valence-corrected chi connectivity index (χ3v) is 5.76. The van der Waals surface area contributed by atoms with Crippen LogP contribution < -0.4 is 9.62 Å². The molecule has 31 heavy (non-hydrogen) atoms. The first-order valence-corrected chi connectivity index (χ1v) is 10.9. The molecule has 0 aliphatic carbocycles. The van der Waals surface area contributed by atoms with Gasteiger partial charge in [0.05, 0.1) is 22.6 Å². The van der Waals surface area contributed by atoms with Crippen LogP contribution in [0.2, 0.25) is 0 Å². The zero-order valence-electron chi connectivity index (χ0n) is 15.8. The van der Waals surface area contributed by atoms with Gasteiger partial charge >= 0.3 is 0 Å². The number of nitrogens with one attached hydrogen (secondary N) is 1. The fraction of sp³-hybridized carbons (Fsp3) is 0. The highest BCUT2D eigenvalue weighted by Crippen LogP contribution is 2.31. The van der Waals surface area contributed by atoms with E-state index in [9.17, 15) is 17.9 Å². The Hall–Kier alpha value is -3.47. The number of hydrogen-bond acceptors (Lipinski definition) is 5. The molecule has 0 spiro atoms. The number of carbonyl (C=O) groups excluding carboxylic acids is 1. The van der Waals surface area contributed by atoms with Gasteiger partial charge in [-0.2, -0.15) is 0 Å². The highest BCUT2D eigenvalue weighted by molar-refractivity contribution is 7.81. The number of carbonyl (C=O) groups is 1. The van der Waals surface area contributed by atoms with Crippen LogP contribution in [0.3, 0.4) is 0 Å². The van der Waals surface area contributed by atoms with Crippen molar-refractivity contribution in [2.75, 3.05) is 9.62 Å². The van der Waals surface area contributed by atoms with Gasteiger partial charge in [-0.05, 0) is 48.5 Å². The largest absolute Gasteiger partial charge is 0.298 e. The summed E-state index contributed by atoms with van der Waals surface area (Å²) in [6, 6.07) is 15.1. The Morgan fingerprint density at radius 2 is 1.77 bits per heavy atom. The van der Waals surface area contributed by atoms with E-state index in [1.54, 1.807) is 24.5 Å². The number of hydrogen-bond donors (Lipinski definition) is 2. The van der Waals surface area contributed by atoms with Crippen molar-refractivity contribution in [3.05, 3.63) is 89.8 Å². The van der Waals surface area contributed by atoms with Crippen molar-refractivity contribution in [1.82, 2.24) is 9.97 Å². The quantitative estimate of drug-likeness (QED) is 0.405. The summed E-state index contributed by atoms with van der Waals surface area (Å²) in [5.41, 5.74) is 2.18. The molecule has 0 saturated heterocycles. The fourth-order valence-corrected chi connectivity index (χ4v) is 4.23. The summed E-state index contributed by atoms with van der Waals surface area (Å²) in [6.07, 6.45) is 3.31. The van der Waals surface area contributed by atoms with Crippen LogP contribution in [-0.2, 0) is 11.3 Å². The lowest BCUT2D eigenvalue weighted by atomic mass is 10.1. The monoisotopic (exact) mass is 454 g/mol. The normalized spacial score (nSPS) is 11.7. The molecule has 7 nitrogen and oxygen atoms in total. The van der Waals surface area contributed by atoms with Crippen molar-refractivity contribution in [1.29, 1.82) is 0 Å². The predicted octanol–water partition coefficient (Wildman–Crippen LogP) is 4.87. The number of nitrogens with zero attached hydrogens (tertiary/aromatic N) is 3. The second kappa shape index (κ2) is 9.13. The molecule has 0 radical (unpaired) electrons. The van der Waals surface area contributed by atoms with Gasteiger partial charge in [-0.3, -0.25) is 19.6 Å². The van der Waals surface area contributed by atoms with Crippen LogP contribution in [0.4, 0.5) is 20.9 Å². The second-order valence-corrected chi connectivity index (χ2v) is 7.93. The molecule has 4 rings (SSSR count). The summed E-state index contributed by atoms with van der Waals surface area (Å²) in [5, 5.41) is 4.92. The maximum absolute atomic E-state index is 13.3. The second-order valence-electron chi connectivity index (χ2n) is 6.25. The molecule has 2 aromatic heterocycles. The zero-order chi connectivity index (χ0) is 21.8. The van der Waals surface area contributed by atoms with Crippen molar-refractivity contribution in [3.8, 4) is 11.3 Å². The number of pyridine rings is 1. The SMILES string of the molecule is O=C(Nc1nc(-c2ccncc2)cs1)c1ccccc1N(c1ccc(F)cc1)S(=O)O. The van der Waals surface area contributed by atoms with Gasteiger partial charge in [0.1, 0.15) is 5.82 Å². The Labute approximate surface area is 183 Å². The van der Waals surface area contributed by atoms with Gasteiger partial charge in [0.2, 0.25) is 0 Å². The Bertz CT molecular complexity index is 1230. The van der Waals surface area contributed by atoms with Crippen LogP contribution >= 0.6 is 11.3 Å². The van der Waals surface area contributed by atoms with E-state index >= 15 is 0 Å². The molecule has 0 bridgehead atoms. The average Bonchev–Trinajstić information content (AvgIpc) is 3.24. The number of halogens is 1. The Balaban J connectivity index is 1.63. The van der Waals surface area contributed by atoms with Crippen LogP contribution in [-0.4, -0.2) is 24.6 Å². The van der Waals surface area contributed by atoms with E-state index in [1.807, 2.05) is 17.5 Å². The first-order chi connectivity index (χ1) is 15.0. The summed E-state index contributed by atoms with van der Waals surface area (Å²) in [4.78, 5) is 21.4. The van der Waals surface area contributed by atoms with Gasteiger partial charge in [0.15, 0.2) is 5.13 Å². The first-order valence-electron chi connectivity index (χ1n) is 8.96. The summed E-state index contributed by atoms with van der Waals surface area (Å²) < 4.78 is 36.3. The van der Waals surface area contributed by atoms with E-state index in [0.29, 0.717) is 10.8 Å². The van der Waals surface area contributed by atoms with Crippen molar-refractivity contribution < 1.29 is 17.9 Å². The van der Waals surface area contributed by atoms with Gasteiger partial charge < -0.3 is 0 Å². The smallest absolute Gasteiger partial charge is 0.266 e. The van der Waals surface area contributed by atoms with Gasteiger partial charge in [-0.15, -0.1) is 11.3 Å². The van der Waals surface area contributed by atoms with Crippen molar-refractivity contribution in [3.63, 3.8) is 0 Å². The number of thiazole rings is 1. The lowest BCUT2D eigenvalue weighted by Gasteiger charge is -2.22. The van der Waals surface area contributed by atoms with Crippen LogP contribution in [0, 0.1) is 5.82 Å². The predicted molar refractivity (Wildman–Crippen MR) is 119 cm³/mol. The zero-order valence-corrected chi connectivity index (χ0v) is 17.4. The standard InChI is InChI=1S/C21H15FN4O3S2/c22-15-5-7-16(8-6-15)26(31(28)29)19-4-2-1-3-17(19)20(27)25-21-24-18(13-30-21)14-9-11-23-12-10-14/h1-13H,(H,28,29)(H,24,25,27). The van der Waals surface area contributed by atoms with Crippen LogP contribution in [0.25, 0.3) is 11.3 Å². The molecule has 0 saturated carbocycles. The van der Waals surface area contributed by atoms with E-state index in [1.165, 1.54) is 47.7 Å². The summed E-state index contributed by atoms with van der Waals surface area (Å²) in [6.45, 7) is 0. The van der Waals surface area contributed by atoms with Gasteiger partial charge in [0, 0.05) is 23.3 Å². The maximum Gasteiger partial charge on any atom is 0.266 e. The Morgan fingerprint density at radius 1 is 1.06 bits per heavy atom. The minimum absolute atomic E-state index is 0.162. The number of anilines is 3. The Kier molecular flexibility index (Phi) is 6.12. The number of para-hydroxylation sites is 1. The molecule has 4 aromatic rings. The molecule has 156 valence electrons. The fourth-order valence-electron chi connectivity index (χ4n) is 2.88. The molecule has 10 heteroatoms. The van der Waals surface area contributed by atoms with E-state index in [-0.39, 0.29) is 16.9 Å². The van der Waals surface area contributed by atoms with Gasteiger partial charge in [0.25, 0.3) is 17.2 Å². The summed E-state index contributed by atoms with van der Waals surface area (Å²) in [7, 11) is 0. The molecular weight excluding hydrogens is 439 g/mol. The lowest BCUT2D eigenvalue weighted by molar-refractivity contribution is 0.102. The minimum Gasteiger partial charge on any atom is -0.298 e. The topological polar surface area (TPSA) is 95.4 Å². The van der Waals surface area contributed by atoms with Crippen molar-refractivity contribution >= 4 is 45.0 Å². The van der Waals surface area contributed by atoms with E-state index < -0.39 is 23.0 Å².